The van der Waals surface area contributed by atoms with Gasteiger partial charge in [0.2, 0.25) is 5.91 Å². The van der Waals surface area contributed by atoms with Crippen LogP contribution in [0.4, 0.5) is 5.69 Å². The standard InChI is InChI=1S/C22H22BrN3O2/c1-3-5-21(27)26-17-7-4-6-15(11-17)13-24-22(28)19-10-14(2)25-20-9-8-16(23)12-18(19)20/h4,6-12H,3,5,13H2,1-2H3,(H,24,28)(H,26,27). The van der Waals surface area contributed by atoms with E-state index < -0.39 is 0 Å². The number of aromatic nitrogens is 1. The average Bonchev–Trinajstić information content (AvgIpc) is 2.66. The Bertz CT molecular complexity index is 1030. The number of pyridine rings is 1. The third kappa shape index (κ3) is 4.95. The number of rotatable bonds is 6. The number of anilines is 1. The molecule has 0 aliphatic carbocycles. The first kappa shape index (κ1) is 20.0. The van der Waals surface area contributed by atoms with E-state index in [1.165, 1.54) is 0 Å². The van der Waals surface area contributed by atoms with E-state index in [1.54, 1.807) is 6.07 Å². The summed E-state index contributed by atoms with van der Waals surface area (Å²) in [6, 6.07) is 15.0. The fourth-order valence-corrected chi connectivity index (χ4v) is 3.37. The number of nitrogens with zero attached hydrogens (tertiary/aromatic N) is 1. The minimum Gasteiger partial charge on any atom is -0.348 e. The minimum absolute atomic E-state index is 0.00649. The highest BCUT2D eigenvalue weighted by atomic mass is 79.9. The van der Waals surface area contributed by atoms with Crippen LogP contribution in [0.25, 0.3) is 10.9 Å². The lowest BCUT2D eigenvalue weighted by Gasteiger charge is -2.11. The summed E-state index contributed by atoms with van der Waals surface area (Å²) < 4.78 is 0.898. The molecule has 0 unspecified atom stereocenters. The van der Waals surface area contributed by atoms with E-state index in [0.29, 0.717) is 18.5 Å². The summed E-state index contributed by atoms with van der Waals surface area (Å²) in [5.41, 5.74) is 3.82. The van der Waals surface area contributed by atoms with Gasteiger partial charge >= 0.3 is 0 Å². The quantitative estimate of drug-likeness (QED) is 0.568. The highest BCUT2D eigenvalue weighted by Crippen LogP contribution is 2.23. The molecule has 144 valence electrons. The van der Waals surface area contributed by atoms with Crippen LogP contribution >= 0.6 is 15.9 Å². The van der Waals surface area contributed by atoms with Crippen molar-refractivity contribution in [3.8, 4) is 0 Å². The number of carbonyl (C=O) groups excluding carboxylic acids is 2. The van der Waals surface area contributed by atoms with Gasteiger partial charge < -0.3 is 10.6 Å². The van der Waals surface area contributed by atoms with Crippen LogP contribution in [0.2, 0.25) is 0 Å². The SMILES string of the molecule is CCCC(=O)Nc1cccc(CNC(=O)c2cc(C)nc3ccc(Br)cc23)c1. The number of amides is 2. The summed E-state index contributed by atoms with van der Waals surface area (Å²) in [7, 11) is 0. The first-order valence-corrected chi connectivity index (χ1v) is 9.99. The van der Waals surface area contributed by atoms with Crippen molar-refractivity contribution in [3.63, 3.8) is 0 Å². The lowest BCUT2D eigenvalue weighted by Crippen LogP contribution is -2.23. The number of hydrogen-bond donors (Lipinski definition) is 2. The second-order valence-electron chi connectivity index (χ2n) is 6.65. The second-order valence-corrected chi connectivity index (χ2v) is 7.57. The van der Waals surface area contributed by atoms with Crippen LogP contribution in [0.15, 0.2) is 53.0 Å². The zero-order valence-corrected chi connectivity index (χ0v) is 17.5. The zero-order chi connectivity index (χ0) is 20.1. The van der Waals surface area contributed by atoms with Gasteiger partial charge in [0.25, 0.3) is 5.91 Å². The van der Waals surface area contributed by atoms with Crippen molar-refractivity contribution in [2.24, 2.45) is 0 Å². The van der Waals surface area contributed by atoms with Gasteiger partial charge in [-0.15, -0.1) is 0 Å². The fraction of sp³-hybridized carbons (Fsp3) is 0.227. The van der Waals surface area contributed by atoms with Crippen molar-refractivity contribution >= 4 is 44.3 Å². The van der Waals surface area contributed by atoms with E-state index in [0.717, 1.165) is 38.7 Å². The Hall–Kier alpha value is -2.73. The number of halogens is 1. The van der Waals surface area contributed by atoms with E-state index in [-0.39, 0.29) is 11.8 Å². The van der Waals surface area contributed by atoms with Crippen molar-refractivity contribution < 1.29 is 9.59 Å². The van der Waals surface area contributed by atoms with Crippen molar-refractivity contribution in [2.45, 2.75) is 33.2 Å². The number of carbonyl (C=O) groups is 2. The number of benzene rings is 2. The number of fused-ring (bicyclic) bond motifs is 1. The molecule has 28 heavy (non-hydrogen) atoms. The molecule has 5 nitrogen and oxygen atoms in total. The molecule has 2 N–H and O–H groups in total. The third-order valence-electron chi connectivity index (χ3n) is 4.28. The molecule has 2 aromatic carbocycles. The first-order valence-electron chi connectivity index (χ1n) is 9.20. The van der Waals surface area contributed by atoms with Crippen molar-refractivity contribution in [3.05, 3.63) is 69.8 Å². The molecule has 0 radical (unpaired) electrons. The fourth-order valence-electron chi connectivity index (χ4n) is 3.01. The molecule has 1 heterocycles. The summed E-state index contributed by atoms with van der Waals surface area (Å²) in [5, 5.41) is 6.64. The predicted octanol–water partition coefficient (Wildman–Crippen LogP) is 4.97. The molecule has 0 fully saturated rings. The molecule has 0 spiro atoms. The maximum Gasteiger partial charge on any atom is 0.252 e. The summed E-state index contributed by atoms with van der Waals surface area (Å²) in [6.45, 7) is 4.21. The summed E-state index contributed by atoms with van der Waals surface area (Å²) in [4.78, 5) is 29.1. The van der Waals surface area contributed by atoms with E-state index in [2.05, 4.69) is 31.5 Å². The molecule has 6 heteroatoms. The van der Waals surface area contributed by atoms with Crippen LogP contribution < -0.4 is 10.6 Å². The normalized spacial score (nSPS) is 10.7. The minimum atomic E-state index is -0.158. The number of nitrogens with one attached hydrogen (secondary N) is 2. The zero-order valence-electron chi connectivity index (χ0n) is 15.9. The smallest absolute Gasteiger partial charge is 0.252 e. The summed E-state index contributed by atoms with van der Waals surface area (Å²) >= 11 is 3.45. The van der Waals surface area contributed by atoms with E-state index in [4.69, 9.17) is 0 Å². The van der Waals surface area contributed by atoms with Crippen LogP contribution in [-0.2, 0) is 11.3 Å². The molecular formula is C22H22BrN3O2. The summed E-state index contributed by atoms with van der Waals surface area (Å²) in [6.07, 6.45) is 1.29. The highest BCUT2D eigenvalue weighted by Gasteiger charge is 2.12. The Morgan fingerprint density at radius 1 is 1.11 bits per heavy atom. The van der Waals surface area contributed by atoms with E-state index >= 15 is 0 Å². The van der Waals surface area contributed by atoms with Crippen LogP contribution in [0.3, 0.4) is 0 Å². The molecular weight excluding hydrogens is 418 g/mol. The molecule has 0 aliphatic rings. The van der Waals surface area contributed by atoms with Crippen molar-refractivity contribution in [2.75, 3.05) is 5.32 Å². The Labute approximate surface area is 172 Å². The van der Waals surface area contributed by atoms with Gasteiger partial charge in [0.15, 0.2) is 0 Å². The molecule has 0 bridgehead atoms. The third-order valence-corrected chi connectivity index (χ3v) is 4.78. The van der Waals surface area contributed by atoms with Gasteiger partial charge in [-0.1, -0.05) is 35.0 Å². The highest BCUT2D eigenvalue weighted by molar-refractivity contribution is 9.10. The second kappa shape index (κ2) is 8.97. The predicted molar refractivity (Wildman–Crippen MR) is 115 cm³/mol. The van der Waals surface area contributed by atoms with E-state index in [9.17, 15) is 9.59 Å². The Morgan fingerprint density at radius 2 is 1.93 bits per heavy atom. The van der Waals surface area contributed by atoms with Gasteiger partial charge in [0.05, 0.1) is 11.1 Å². The maximum absolute atomic E-state index is 12.8. The van der Waals surface area contributed by atoms with Gasteiger partial charge in [0, 0.05) is 34.2 Å². The Morgan fingerprint density at radius 3 is 2.71 bits per heavy atom. The van der Waals surface area contributed by atoms with Crippen LogP contribution in [0.5, 0.6) is 0 Å². The number of hydrogen-bond acceptors (Lipinski definition) is 3. The number of aryl methyl sites for hydroxylation is 1. The molecule has 3 aromatic rings. The van der Waals surface area contributed by atoms with Crippen molar-refractivity contribution in [1.29, 1.82) is 0 Å². The molecule has 0 saturated carbocycles. The van der Waals surface area contributed by atoms with Crippen LogP contribution in [0.1, 0.15) is 41.4 Å². The monoisotopic (exact) mass is 439 g/mol. The average molecular weight is 440 g/mol. The maximum atomic E-state index is 12.8. The lowest BCUT2D eigenvalue weighted by atomic mass is 10.1. The Balaban J connectivity index is 1.75. The molecule has 1 aromatic heterocycles. The van der Waals surface area contributed by atoms with Gasteiger partial charge in [0.1, 0.15) is 0 Å². The molecule has 3 rings (SSSR count). The van der Waals surface area contributed by atoms with Crippen molar-refractivity contribution in [1.82, 2.24) is 10.3 Å². The van der Waals surface area contributed by atoms with Gasteiger partial charge in [-0.2, -0.15) is 0 Å². The topological polar surface area (TPSA) is 71.1 Å². The molecule has 0 saturated heterocycles. The van der Waals surface area contributed by atoms with Gasteiger partial charge in [-0.3, -0.25) is 14.6 Å². The van der Waals surface area contributed by atoms with Crippen LogP contribution in [-0.4, -0.2) is 16.8 Å². The lowest BCUT2D eigenvalue weighted by molar-refractivity contribution is -0.116. The molecule has 2 amide bonds. The largest absolute Gasteiger partial charge is 0.348 e. The van der Waals surface area contributed by atoms with Crippen LogP contribution in [0, 0.1) is 6.92 Å². The molecule has 0 aliphatic heterocycles. The summed E-state index contributed by atoms with van der Waals surface area (Å²) in [5.74, 6) is -0.165. The Kier molecular flexibility index (Phi) is 6.41. The van der Waals surface area contributed by atoms with Gasteiger partial charge in [-0.05, 0) is 55.3 Å². The van der Waals surface area contributed by atoms with E-state index in [1.807, 2.05) is 56.3 Å². The van der Waals surface area contributed by atoms with Gasteiger partial charge in [-0.25, -0.2) is 0 Å². The first-order chi connectivity index (χ1) is 13.5. The molecule has 0 atom stereocenters.